The Balaban J connectivity index is 1.53. The first kappa shape index (κ1) is 17.7. The number of nitrogens with one attached hydrogen (secondary N) is 2. The fourth-order valence-electron chi connectivity index (χ4n) is 2.33. The van der Waals surface area contributed by atoms with E-state index < -0.39 is 0 Å². The molecule has 0 aliphatic rings. The standard InChI is InChI=1S/C18H19FN4S2/c1-2-16(13-7-4-3-5-8-13)24-18-23-22-17(25-18)21-12-20-15-10-6-9-14(19)11-15/h3-11,16,20H,2,12H2,1H3,(H,21,22). The lowest BCUT2D eigenvalue weighted by atomic mass is 10.1. The molecule has 2 N–H and O–H groups in total. The quantitative estimate of drug-likeness (QED) is 0.408. The zero-order valence-electron chi connectivity index (χ0n) is 13.8. The van der Waals surface area contributed by atoms with Crippen LogP contribution in [0.4, 0.5) is 15.2 Å². The Labute approximate surface area is 154 Å². The largest absolute Gasteiger partial charge is 0.368 e. The molecule has 1 aromatic heterocycles. The van der Waals surface area contributed by atoms with Crippen LogP contribution in [0.1, 0.15) is 24.2 Å². The van der Waals surface area contributed by atoms with E-state index in [0.717, 1.165) is 21.6 Å². The number of hydrogen-bond donors (Lipinski definition) is 2. The van der Waals surface area contributed by atoms with Crippen LogP contribution in [-0.4, -0.2) is 16.9 Å². The van der Waals surface area contributed by atoms with E-state index in [2.05, 4.69) is 52.0 Å². The van der Waals surface area contributed by atoms with Crippen LogP contribution in [0.15, 0.2) is 58.9 Å². The van der Waals surface area contributed by atoms with E-state index in [1.165, 1.54) is 29.0 Å². The summed E-state index contributed by atoms with van der Waals surface area (Å²) in [6.45, 7) is 2.63. The minimum atomic E-state index is -0.258. The Morgan fingerprint density at radius 2 is 1.92 bits per heavy atom. The van der Waals surface area contributed by atoms with Crippen LogP contribution in [0.5, 0.6) is 0 Å². The van der Waals surface area contributed by atoms with E-state index in [9.17, 15) is 4.39 Å². The first-order valence-corrected chi connectivity index (χ1v) is 9.72. The maximum Gasteiger partial charge on any atom is 0.207 e. The van der Waals surface area contributed by atoms with E-state index in [0.29, 0.717) is 11.9 Å². The molecule has 0 saturated carbocycles. The van der Waals surface area contributed by atoms with Crippen molar-refractivity contribution in [3.05, 3.63) is 66.0 Å². The average Bonchev–Trinajstić information content (AvgIpc) is 3.08. The van der Waals surface area contributed by atoms with Crippen molar-refractivity contribution in [3.63, 3.8) is 0 Å². The Kier molecular flexibility index (Phi) is 6.25. The summed E-state index contributed by atoms with van der Waals surface area (Å²) in [5.74, 6) is -0.258. The predicted octanol–water partition coefficient (Wildman–Crippen LogP) is 5.40. The van der Waals surface area contributed by atoms with Crippen LogP contribution in [0.25, 0.3) is 0 Å². The van der Waals surface area contributed by atoms with Crippen LogP contribution in [0.2, 0.25) is 0 Å². The summed E-state index contributed by atoms with van der Waals surface area (Å²) in [6, 6.07) is 16.8. The van der Waals surface area contributed by atoms with Crippen molar-refractivity contribution in [2.24, 2.45) is 0 Å². The van der Waals surface area contributed by atoms with Gasteiger partial charge >= 0.3 is 0 Å². The highest BCUT2D eigenvalue weighted by Gasteiger charge is 2.14. The number of nitrogens with zero attached hydrogens (tertiary/aromatic N) is 2. The zero-order chi connectivity index (χ0) is 17.5. The normalized spacial score (nSPS) is 11.9. The lowest BCUT2D eigenvalue weighted by molar-refractivity contribution is 0.628. The molecule has 1 unspecified atom stereocenters. The number of anilines is 2. The number of hydrogen-bond acceptors (Lipinski definition) is 6. The minimum Gasteiger partial charge on any atom is -0.368 e. The van der Waals surface area contributed by atoms with Gasteiger partial charge in [-0.15, -0.1) is 10.2 Å². The van der Waals surface area contributed by atoms with Gasteiger partial charge in [-0.25, -0.2) is 4.39 Å². The Morgan fingerprint density at radius 1 is 1.08 bits per heavy atom. The molecular weight excluding hydrogens is 355 g/mol. The molecule has 130 valence electrons. The van der Waals surface area contributed by atoms with Crippen LogP contribution in [0.3, 0.4) is 0 Å². The number of halogens is 1. The maximum atomic E-state index is 13.1. The smallest absolute Gasteiger partial charge is 0.207 e. The molecule has 0 aliphatic heterocycles. The van der Waals surface area contributed by atoms with Gasteiger partial charge in [-0.05, 0) is 30.2 Å². The van der Waals surface area contributed by atoms with Crippen molar-refractivity contribution in [1.29, 1.82) is 0 Å². The second-order valence-electron chi connectivity index (χ2n) is 5.34. The number of rotatable bonds is 8. The maximum absolute atomic E-state index is 13.1. The van der Waals surface area contributed by atoms with Gasteiger partial charge in [-0.3, -0.25) is 0 Å². The van der Waals surface area contributed by atoms with E-state index >= 15 is 0 Å². The van der Waals surface area contributed by atoms with Crippen LogP contribution in [0, 0.1) is 5.82 Å². The SMILES string of the molecule is CCC(Sc1nnc(NCNc2cccc(F)c2)s1)c1ccccc1. The van der Waals surface area contributed by atoms with Crippen molar-refractivity contribution in [1.82, 2.24) is 10.2 Å². The van der Waals surface area contributed by atoms with E-state index in [4.69, 9.17) is 0 Å². The third-order valence-corrected chi connectivity index (χ3v) is 5.94. The summed E-state index contributed by atoms with van der Waals surface area (Å²) in [7, 11) is 0. The van der Waals surface area contributed by atoms with Crippen LogP contribution in [-0.2, 0) is 0 Å². The molecule has 0 radical (unpaired) electrons. The van der Waals surface area contributed by atoms with E-state index in [-0.39, 0.29) is 5.82 Å². The summed E-state index contributed by atoms with van der Waals surface area (Å²) in [5.41, 5.74) is 2.02. The lowest BCUT2D eigenvalue weighted by Gasteiger charge is -2.12. The zero-order valence-corrected chi connectivity index (χ0v) is 15.4. The highest BCUT2D eigenvalue weighted by Crippen LogP contribution is 2.39. The second kappa shape index (κ2) is 8.82. The molecule has 0 spiro atoms. The van der Waals surface area contributed by atoms with Gasteiger partial charge in [0.1, 0.15) is 5.82 Å². The molecule has 1 atom stereocenters. The topological polar surface area (TPSA) is 49.8 Å². The Morgan fingerprint density at radius 3 is 2.68 bits per heavy atom. The molecule has 0 saturated heterocycles. The fraction of sp³-hybridized carbons (Fsp3) is 0.222. The van der Waals surface area contributed by atoms with Crippen LogP contribution >= 0.6 is 23.1 Å². The molecule has 0 fully saturated rings. The van der Waals surface area contributed by atoms with Crippen molar-refractivity contribution >= 4 is 33.9 Å². The predicted molar refractivity (Wildman–Crippen MR) is 104 cm³/mol. The Hall–Kier alpha value is -2.12. The van der Waals surface area contributed by atoms with Gasteiger partial charge in [0.2, 0.25) is 5.13 Å². The van der Waals surface area contributed by atoms with Crippen molar-refractivity contribution in [3.8, 4) is 0 Å². The minimum absolute atomic E-state index is 0.258. The highest BCUT2D eigenvalue weighted by molar-refractivity contribution is 8.01. The van der Waals surface area contributed by atoms with Crippen LogP contribution < -0.4 is 10.6 Å². The number of aromatic nitrogens is 2. The monoisotopic (exact) mass is 374 g/mol. The average molecular weight is 375 g/mol. The van der Waals surface area contributed by atoms with Gasteiger partial charge in [-0.2, -0.15) is 0 Å². The van der Waals surface area contributed by atoms with Gasteiger partial charge in [0, 0.05) is 10.9 Å². The molecule has 25 heavy (non-hydrogen) atoms. The van der Waals surface area contributed by atoms with Gasteiger partial charge < -0.3 is 10.6 Å². The molecule has 7 heteroatoms. The highest BCUT2D eigenvalue weighted by atomic mass is 32.2. The first-order valence-electron chi connectivity index (χ1n) is 8.03. The van der Waals surface area contributed by atoms with Gasteiger partial charge in [0.15, 0.2) is 4.34 Å². The molecule has 0 bridgehead atoms. The molecule has 1 heterocycles. The number of benzene rings is 2. The third-order valence-electron chi connectivity index (χ3n) is 3.55. The summed E-state index contributed by atoms with van der Waals surface area (Å²) < 4.78 is 14.1. The van der Waals surface area contributed by atoms with E-state index in [1.807, 2.05) is 12.1 Å². The summed E-state index contributed by atoms with van der Waals surface area (Å²) >= 11 is 3.25. The van der Waals surface area contributed by atoms with Gasteiger partial charge in [0.25, 0.3) is 0 Å². The van der Waals surface area contributed by atoms with Crippen molar-refractivity contribution < 1.29 is 4.39 Å². The van der Waals surface area contributed by atoms with Gasteiger partial charge in [0.05, 0.1) is 6.67 Å². The lowest BCUT2D eigenvalue weighted by Crippen LogP contribution is -2.11. The van der Waals surface area contributed by atoms with E-state index in [1.54, 1.807) is 17.8 Å². The molecule has 2 aromatic carbocycles. The number of thioether (sulfide) groups is 1. The Bertz CT molecular complexity index is 795. The summed E-state index contributed by atoms with van der Waals surface area (Å²) in [6.07, 6.45) is 1.03. The fourth-order valence-corrected chi connectivity index (χ4v) is 4.37. The summed E-state index contributed by atoms with van der Waals surface area (Å²) in [4.78, 5) is 0. The molecule has 0 amide bonds. The second-order valence-corrected chi connectivity index (χ2v) is 7.77. The van der Waals surface area contributed by atoms with Crippen molar-refractivity contribution in [2.75, 3.05) is 17.3 Å². The third kappa shape index (κ3) is 5.17. The summed E-state index contributed by atoms with van der Waals surface area (Å²) in [5, 5.41) is 15.8. The molecule has 4 nitrogen and oxygen atoms in total. The molecule has 3 aromatic rings. The molecule has 0 aliphatic carbocycles. The molecule has 3 rings (SSSR count). The molecular formula is C18H19FN4S2. The van der Waals surface area contributed by atoms with Crippen molar-refractivity contribution in [2.45, 2.75) is 22.9 Å². The van der Waals surface area contributed by atoms with Gasteiger partial charge in [-0.1, -0.05) is 66.4 Å². The first-order chi connectivity index (χ1) is 12.2.